The number of hydrogen-bond donors (Lipinski definition) is 1. The fourth-order valence-electron chi connectivity index (χ4n) is 3.55. The van der Waals surface area contributed by atoms with Gasteiger partial charge in [0.15, 0.2) is 5.75 Å². The normalized spacial score (nSPS) is 11.9. The summed E-state index contributed by atoms with van der Waals surface area (Å²) in [5, 5.41) is 1.35. The SMILES string of the molecule is Cc1ccc(S(=O)(=O)n2cc(C(C)C)c3cc(Oc4c(Cl)cc(N)cc4Cl)ccc32)cc1. The van der Waals surface area contributed by atoms with E-state index in [-0.39, 0.29) is 10.8 Å². The molecule has 0 radical (unpaired) electrons. The number of rotatable bonds is 5. The highest BCUT2D eigenvalue weighted by Crippen LogP contribution is 2.40. The van der Waals surface area contributed by atoms with Crippen LogP contribution < -0.4 is 10.5 Å². The molecule has 0 saturated carbocycles. The molecule has 0 bridgehead atoms. The zero-order valence-electron chi connectivity index (χ0n) is 17.8. The second-order valence-corrected chi connectivity index (χ2v) is 10.6. The van der Waals surface area contributed by atoms with E-state index in [1.54, 1.807) is 60.8 Å². The molecule has 0 fully saturated rings. The van der Waals surface area contributed by atoms with E-state index in [1.165, 1.54) is 3.97 Å². The molecule has 0 aliphatic heterocycles. The lowest BCUT2D eigenvalue weighted by Crippen LogP contribution is -2.11. The molecule has 3 aromatic carbocycles. The second-order valence-electron chi connectivity index (χ2n) is 7.95. The van der Waals surface area contributed by atoms with Crippen LogP contribution in [-0.4, -0.2) is 12.4 Å². The molecule has 5 nitrogen and oxygen atoms in total. The van der Waals surface area contributed by atoms with Crippen molar-refractivity contribution in [2.24, 2.45) is 0 Å². The van der Waals surface area contributed by atoms with E-state index >= 15 is 0 Å². The number of aryl methyl sites for hydroxylation is 1. The van der Waals surface area contributed by atoms with Crippen LogP contribution in [0.5, 0.6) is 11.5 Å². The summed E-state index contributed by atoms with van der Waals surface area (Å²) >= 11 is 12.5. The van der Waals surface area contributed by atoms with Crippen LogP contribution in [0.15, 0.2) is 65.7 Å². The van der Waals surface area contributed by atoms with Crippen LogP contribution in [-0.2, 0) is 10.0 Å². The minimum absolute atomic E-state index is 0.0888. The maximum atomic E-state index is 13.4. The lowest BCUT2D eigenvalue weighted by molar-refractivity contribution is 0.484. The third-order valence-corrected chi connectivity index (χ3v) is 7.46. The second kappa shape index (κ2) is 8.35. The van der Waals surface area contributed by atoms with Crippen molar-refractivity contribution in [3.05, 3.63) is 82.0 Å². The highest BCUT2D eigenvalue weighted by molar-refractivity contribution is 7.90. The van der Waals surface area contributed by atoms with Crippen LogP contribution in [0.4, 0.5) is 5.69 Å². The topological polar surface area (TPSA) is 74.3 Å². The smallest absolute Gasteiger partial charge is 0.268 e. The van der Waals surface area contributed by atoms with Crippen LogP contribution in [0.25, 0.3) is 10.9 Å². The molecule has 0 atom stereocenters. The van der Waals surface area contributed by atoms with Gasteiger partial charge in [0.05, 0.1) is 20.5 Å². The Bertz CT molecular complexity index is 1400. The van der Waals surface area contributed by atoms with Gasteiger partial charge in [-0.2, -0.15) is 0 Å². The Hall–Kier alpha value is -2.67. The average Bonchev–Trinajstić information content (AvgIpc) is 3.11. The fraction of sp³-hybridized carbons (Fsp3) is 0.167. The van der Waals surface area contributed by atoms with Crippen molar-refractivity contribution < 1.29 is 13.2 Å². The number of fused-ring (bicyclic) bond motifs is 1. The van der Waals surface area contributed by atoms with E-state index < -0.39 is 10.0 Å². The third kappa shape index (κ3) is 4.06. The van der Waals surface area contributed by atoms with Gasteiger partial charge >= 0.3 is 0 Å². The van der Waals surface area contributed by atoms with Crippen LogP contribution in [0, 0.1) is 6.92 Å². The predicted molar refractivity (Wildman–Crippen MR) is 131 cm³/mol. The molecule has 1 heterocycles. The molecule has 1 aromatic heterocycles. The van der Waals surface area contributed by atoms with Gasteiger partial charge in [0.25, 0.3) is 10.0 Å². The average molecular weight is 489 g/mol. The molecule has 0 saturated heterocycles. The van der Waals surface area contributed by atoms with Crippen molar-refractivity contribution in [2.45, 2.75) is 31.6 Å². The van der Waals surface area contributed by atoms with Crippen molar-refractivity contribution in [3.8, 4) is 11.5 Å². The first-order valence-corrected chi connectivity index (χ1v) is 12.2. The van der Waals surface area contributed by atoms with Crippen molar-refractivity contribution >= 4 is 49.8 Å². The number of benzene rings is 3. The standard InChI is InChI=1S/C24H22Cl2N2O3S/c1-14(2)20-13-28(32(29,30)18-7-4-15(3)5-8-18)23-9-6-17(12-19(20)23)31-24-21(25)10-16(27)11-22(24)26/h4-14H,27H2,1-3H3. The third-order valence-electron chi connectivity index (χ3n) is 5.21. The molecule has 4 aromatic rings. The van der Waals surface area contributed by atoms with E-state index in [2.05, 4.69) is 0 Å². The highest BCUT2D eigenvalue weighted by atomic mass is 35.5. The minimum atomic E-state index is -3.77. The summed E-state index contributed by atoms with van der Waals surface area (Å²) in [4.78, 5) is 0.232. The van der Waals surface area contributed by atoms with Crippen molar-refractivity contribution in [1.29, 1.82) is 0 Å². The number of nitrogen functional groups attached to an aromatic ring is 1. The molecular weight excluding hydrogens is 467 g/mol. The molecule has 166 valence electrons. The number of anilines is 1. The Labute approximate surface area is 197 Å². The summed E-state index contributed by atoms with van der Waals surface area (Å²) in [5.74, 6) is 0.865. The van der Waals surface area contributed by atoms with Gasteiger partial charge in [-0.15, -0.1) is 0 Å². The Morgan fingerprint density at radius 2 is 1.59 bits per heavy atom. The minimum Gasteiger partial charge on any atom is -0.454 e. The van der Waals surface area contributed by atoms with Gasteiger partial charge < -0.3 is 10.5 Å². The van der Waals surface area contributed by atoms with E-state index in [0.29, 0.717) is 32.7 Å². The van der Waals surface area contributed by atoms with Crippen LogP contribution in [0.3, 0.4) is 0 Å². The first kappa shape index (κ1) is 22.5. The first-order chi connectivity index (χ1) is 15.1. The van der Waals surface area contributed by atoms with Gasteiger partial charge in [0, 0.05) is 17.3 Å². The Balaban J connectivity index is 1.84. The maximum Gasteiger partial charge on any atom is 0.268 e. The zero-order chi connectivity index (χ0) is 23.2. The van der Waals surface area contributed by atoms with Gasteiger partial charge in [0.2, 0.25) is 0 Å². The lowest BCUT2D eigenvalue weighted by Gasteiger charge is -2.12. The number of aromatic nitrogens is 1. The Kier molecular flexibility index (Phi) is 5.88. The predicted octanol–water partition coefficient (Wildman–Crippen LogP) is 6.99. The summed E-state index contributed by atoms with van der Waals surface area (Å²) in [5.41, 5.74) is 8.64. The first-order valence-electron chi connectivity index (χ1n) is 9.97. The summed E-state index contributed by atoms with van der Waals surface area (Å²) in [6.45, 7) is 5.94. The Morgan fingerprint density at radius 3 is 2.19 bits per heavy atom. The number of halogens is 2. The molecule has 8 heteroatoms. The van der Waals surface area contributed by atoms with Crippen LogP contribution >= 0.6 is 23.2 Å². The molecule has 2 N–H and O–H groups in total. The highest BCUT2D eigenvalue weighted by Gasteiger charge is 2.23. The van der Waals surface area contributed by atoms with Crippen molar-refractivity contribution in [3.63, 3.8) is 0 Å². The molecule has 0 aliphatic rings. The number of hydrogen-bond acceptors (Lipinski definition) is 4. The summed E-state index contributed by atoms with van der Waals surface area (Å²) in [6, 6.07) is 15.1. The van der Waals surface area contributed by atoms with Gasteiger partial charge in [-0.3, -0.25) is 0 Å². The molecule has 0 aliphatic carbocycles. The zero-order valence-corrected chi connectivity index (χ0v) is 20.1. The molecule has 0 amide bonds. The lowest BCUT2D eigenvalue weighted by atomic mass is 10.0. The van der Waals surface area contributed by atoms with Gasteiger partial charge in [-0.05, 0) is 60.9 Å². The fourth-order valence-corrected chi connectivity index (χ4v) is 5.50. The van der Waals surface area contributed by atoms with E-state index in [9.17, 15) is 8.42 Å². The molecule has 4 rings (SSSR count). The molecular formula is C24H22Cl2N2O3S. The molecule has 0 spiro atoms. The largest absolute Gasteiger partial charge is 0.454 e. The van der Waals surface area contributed by atoms with E-state index in [0.717, 1.165) is 16.5 Å². The van der Waals surface area contributed by atoms with E-state index in [4.69, 9.17) is 33.7 Å². The summed E-state index contributed by atoms with van der Waals surface area (Å²) < 4.78 is 34.0. The van der Waals surface area contributed by atoms with Crippen molar-refractivity contribution in [1.82, 2.24) is 3.97 Å². The summed E-state index contributed by atoms with van der Waals surface area (Å²) in [7, 11) is -3.77. The van der Waals surface area contributed by atoms with Crippen LogP contribution in [0.1, 0.15) is 30.9 Å². The van der Waals surface area contributed by atoms with Gasteiger partial charge in [-0.25, -0.2) is 12.4 Å². The Morgan fingerprint density at radius 1 is 0.969 bits per heavy atom. The van der Waals surface area contributed by atoms with Gasteiger partial charge in [0.1, 0.15) is 5.75 Å². The van der Waals surface area contributed by atoms with Crippen LogP contribution in [0.2, 0.25) is 10.0 Å². The number of nitrogens with two attached hydrogens (primary N) is 1. The molecule has 0 unspecified atom stereocenters. The maximum absolute atomic E-state index is 13.4. The van der Waals surface area contributed by atoms with Crippen molar-refractivity contribution in [2.75, 3.05) is 5.73 Å². The van der Waals surface area contributed by atoms with E-state index in [1.807, 2.05) is 20.8 Å². The summed E-state index contributed by atoms with van der Waals surface area (Å²) in [6.07, 6.45) is 1.68. The van der Waals surface area contributed by atoms with Gasteiger partial charge in [-0.1, -0.05) is 54.7 Å². The quantitative estimate of drug-likeness (QED) is 0.307. The number of nitrogens with zero attached hydrogens (tertiary/aromatic N) is 1. The monoisotopic (exact) mass is 488 g/mol. The molecule has 32 heavy (non-hydrogen) atoms. The number of ether oxygens (including phenoxy) is 1.